The normalized spacial score (nSPS) is 13.1. The van der Waals surface area contributed by atoms with Gasteiger partial charge in [-0.3, -0.25) is 4.79 Å². The maximum absolute atomic E-state index is 13.6. The monoisotopic (exact) mass is 593 g/mol. The summed E-state index contributed by atoms with van der Waals surface area (Å²) in [5, 5.41) is 5.95. The van der Waals surface area contributed by atoms with Gasteiger partial charge in [0.2, 0.25) is 11.9 Å². The highest BCUT2D eigenvalue weighted by atomic mass is 16.6. The summed E-state index contributed by atoms with van der Waals surface area (Å²) in [6.45, 7) is 7.43. The Labute approximate surface area is 256 Å². The fourth-order valence-electron chi connectivity index (χ4n) is 4.73. The molecule has 1 aliphatic rings. The van der Waals surface area contributed by atoms with Crippen LogP contribution in [0.25, 0.3) is 0 Å². The molecule has 3 aromatic carbocycles. The first-order valence-electron chi connectivity index (χ1n) is 14.2. The van der Waals surface area contributed by atoms with Crippen LogP contribution in [-0.4, -0.2) is 67.2 Å². The van der Waals surface area contributed by atoms with Gasteiger partial charge in [0, 0.05) is 55.9 Å². The summed E-state index contributed by atoms with van der Waals surface area (Å²) in [6, 6.07) is 23.8. The average molecular weight is 594 g/mol. The van der Waals surface area contributed by atoms with E-state index in [1.165, 1.54) is 11.0 Å². The molecular weight excluding hydrogens is 558 g/mol. The number of methoxy groups -OCH3 is 1. The van der Waals surface area contributed by atoms with Gasteiger partial charge in [-0.05, 0) is 49.0 Å². The van der Waals surface area contributed by atoms with E-state index in [2.05, 4.69) is 44.0 Å². The Kier molecular flexibility index (Phi) is 9.68. The number of rotatable bonds is 10. The third kappa shape index (κ3) is 7.50. The molecule has 1 aliphatic heterocycles. The number of likely N-dealkylation sites (N-methyl/N-ethyl adjacent to an activating group) is 1. The van der Waals surface area contributed by atoms with E-state index >= 15 is 0 Å². The van der Waals surface area contributed by atoms with Crippen LogP contribution in [0.2, 0.25) is 0 Å². The Morgan fingerprint density at radius 2 is 1.80 bits per heavy atom. The van der Waals surface area contributed by atoms with E-state index in [-0.39, 0.29) is 24.3 Å². The largest absolute Gasteiger partial charge is 0.494 e. The summed E-state index contributed by atoms with van der Waals surface area (Å²) < 4.78 is 11.4. The number of ether oxygens (including phenoxy) is 2. The maximum atomic E-state index is 13.6. The van der Waals surface area contributed by atoms with Crippen molar-refractivity contribution in [3.8, 4) is 5.75 Å². The highest BCUT2D eigenvalue weighted by Gasteiger charge is 2.23. The molecule has 2 heterocycles. The zero-order valence-corrected chi connectivity index (χ0v) is 24.8. The Morgan fingerprint density at radius 3 is 2.55 bits per heavy atom. The van der Waals surface area contributed by atoms with Crippen molar-refractivity contribution in [3.63, 3.8) is 0 Å². The summed E-state index contributed by atoms with van der Waals surface area (Å²) in [5.74, 6) is 0.785. The average Bonchev–Trinajstić information content (AvgIpc) is 3.05. The van der Waals surface area contributed by atoms with Crippen LogP contribution in [0.15, 0.2) is 97.7 Å². The zero-order valence-electron chi connectivity index (χ0n) is 24.8. The first-order chi connectivity index (χ1) is 21.4. The van der Waals surface area contributed by atoms with Gasteiger partial charge in [-0.2, -0.15) is 4.98 Å². The van der Waals surface area contributed by atoms with Crippen molar-refractivity contribution >= 4 is 46.5 Å². The minimum atomic E-state index is -0.653. The number of hydrogen-bond donors (Lipinski definition) is 2. The van der Waals surface area contributed by atoms with Crippen LogP contribution in [-0.2, 0) is 16.1 Å². The van der Waals surface area contributed by atoms with Crippen molar-refractivity contribution in [1.82, 2.24) is 14.9 Å². The lowest BCUT2D eigenvalue weighted by Crippen LogP contribution is -2.44. The number of hydrogen-bond acceptors (Lipinski definition) is 9. The molecule has 0 spiro atoms. The molecule has 0 radical (unpaired) electrons. The Morgan fingerprint density at radius 1 is 1.00 bits per heavy atom. The lowest BCUT2D eigenvalue weighted by molar-refractivity contribution is -0.111. The van der Waals surface area contributed by atoms with Crippen molar-refractivity contribution in [2.24, 2.45) is 0 Å². The first kappa shape index (κ1) is 30.1. The van der Waals surface area contributed by atoms with Crippen LogP contribution >= 0.6 is 0 Å². The molecule has 1 aromatic heterocycles. The second-order valence-electron chi connectivity index (χ2n) is 10.2. The van der Waals surface area contributed by atoms with Crippen LogP contribution in [0.1, 0.15) is 5.56 Å². The molecule has 0 atom stereocenters. The van der Waals surface area contributed by atoms with Gasteiger partial charge in [0.1, 0.15) is 18.2 Å². The minimum absolute atomic E-state index is 0.0656. The van der Waals surface area contributed by atoms with E-state index in [0.717, 1.165) is 37.4 Å². The lowest BCUT2D eigenvalue weighted by Gasteiger charge is -2.34. The van der Waals surface area contributed by atoms with Gasteiger partial charge >= 0.3 is 6.09 Å². The first-order valence-corrected chi connectivity index (χ1v) is 14.2. The molecule has 2 N–H and O–H groups in total. The Balaban J connectivity index is 1.42. The molecule has 0 unspecified atom stereocenters. The number of aromatic nitrogens is 2. The number of nitrogens with one attached hydrogen (secondary N) is 2. The number of amides is 2. The molecule has 4 aromatic rings. The fraction of sp³-hybridized carbons (Fsp3) is 0.212. The van der Waals surface area contributed by atoms with Crippen LogP contribution in [0.5, 0.6) is 5.75 Å². The van der Waals surface area contributed by atoms with E-state index in [9.17, 15) is 9.59 Å². The number of benzene rings is 3. The Hall–Kier alpha value is -5.42. The van der Waals surface area contributed by atoms with Gasteiger partial charge in [-0.15, -0.1) is 0 Å². The SMILES string of the molecule is C=CC(=O)Nc1cccc(N(C(=O)OCc2ccccc2)c2ccnc(Nc3ccc(N4CCN(C)CC4)cc3OC)n2)c1. The third-order valence-electron chi connectivity index (χ3n) is 7.11. The molecule has 0 aliphatic carbocycles. The number of carbonyl (C=O) groups excluding carboxylic acids is 2. The van der Waals surface area contributed by atoms with Gasteiger partial charge < -0.3 is 29.9 Å². The fourth-order valence-corrected chi connectivity index (χ4v) is 4.73. The molecule has 0 bridgehead atoms. The van der Waals surface area contributed by atoms with Gasteiger partial charge in [0.25, 0.3) is 0 Å². The predicted molar refractivity (Wildman–Crippen MR) is 172 cm³/mol. The second kappa shape index (κ2) is 14.2. The van der Waals surface area contributed by atoms with Crippen LogP contribution in [0.3, 0.4) is 0 Å². The van der Waals surface area contributed by atoms with Crippen LogP contribution in [0.4, 0.5) is 39.3 Å². The van der Waals surface area contributed by atoms with E-state index in [1.807, 2.05) is 48.5 Å². The third-order valence-corrected chi connectivity index (χ3v) is 7.11. The van der Waals surface area contributed by atoms with Crippen molar-refractivity contribution in [1.29, 1.82) is 0 Å². The number of carbonyl (C=O) groups is 2. The molecular formula is C33H35N7O4. The molecule has 0 saturated carbocycles. The molecule has 11 nitrogen and oxygen atoms in total. The van der Waals surface area contributed by atoms with Crippen molar-refractivity contribution < 1.29 is 19.1 Å². The molecule has 1 saturated heterocycles. The number of piperazine rings is 1. The second-order valence-corrected chi connectivity index (χ2v) is 10.2. The summed E-state index contributed by atoms with van der Waals surface area (Å²) in [4.78, 5) is 40.5. The molecule has 11 heteroatoms. The molecule has 226 valence electrons. The quantitative estimate of drug-likeness (QED) is 0.228. The summed E-state index contributed by atoms with van der Waals surface area (Å²) in [6.07, 6.45) is 2.07. The summed E-state index contributed by atoms with van der Waals surface area (Å²) in [5.41, 5.74) is 3.50. The van der Waals surface area contributed by atoms with Crippen molar-refractivity contribution in [3.05, 3.63) is 103 Å². The summed E-state index contributed by atoms with van der Waals surface area (Å²) >= 11 is 0. The van der Waals surface area contributed by atoms with Gasteiger partial charge in [-0.25, -0.2) is 14.7 Å². The zero-order chi connectivity index (χ0) is 30.9. The molecule has 5 rings (SSSR count). The maximum Gasteiger partial charge on any atom is 0.420 e. The predicted octanol–water partition coefficient (Wildman–Crippen LogP) is 5.58. The number of anilines is 6. The highest BCUT2D eigenvalue weighted by molar-refractivity contribution is 6.00. The van der Waals surface area contributed by atoms with Crippen LogP contribution in [0, 0.1) is 0 Å². The van der Waals surface area contributed by atoms with Crippen molar-refractivity contribution in [2.75, 3.05) is 60.8 Å². The van der Waals surface area contributed by atoms with E-state index in [4.69, 9.17) is 9.47 Å². The standard InChI is InChI=1S/C33H35N7O4/c1-4-31(41)35-25-11-8-12-27(21-25)40(33(42)44-23-24-9-6-5-7-10-24)30-15-16-34-32(37-30)36-28-14-13-26(22-29(28)43-3)39-19-17-38(2)18-20-39/h4-16,21-22H,1,17-20,23H2,2-3H3,(H,35,41)(H,34,36,37). The molecule has 2 amide bonds. The van der Waals surface area contributed by atoms with Crippen LogP contribution < -0.4 is 25.2 Å². The molecule has 1 fully saturated rings. The van der Waals surface area contributed by atoms with E-state index < -0.39 is 6.09 Å². The Bertz CT molecular complexity index is 1610. The van der Waals surface area contributed by atoms with Gasteiger partial charge in [0.05, 0.1) is 18.5 Å². The topological polar surface area (TPSA) is 112 Å². The highest BCUT2D eigenvalue weighted by Crippen LogP contribution is 2.33. The van der Waals surface area contributed by atoms with E-state index in [0.29, 0.717) is 22.8 Å². The van der Waals surface area contributed by atoms with Gasteiger partial charge in [-0.1, -0.05) is 43.0 Å². The molecule has 44 heavy (non-hydrogen) atoms. The summed E-state index contributed by atoms with van der Waals surface area (Å²) in [7, 11) is 3.74. The van der Waals surface area contributed by atoms with Crippen molar-refractivity contribution in [2.45, 2.75) is 6.61 Å². The number of nitrogens with zero attached hydrogens (tertiary/aromatic N) is 5. The van der Waals surface area contributed by atoms with Gasteiger partial charge in [0.15, 0.2) is 0 Å². The lowest BCUT2D eigenvalue weighted by atomic mass is 10.2. The van der Waals surface area contributed by atoms with E-state index in [1.54, 1.807) is 43.6 Å². The minimum Gasteiger partial charge on any atom is -0.494 e. The smallest absolute Gasteiger partial charge is 0.420 e.